The molecule has 0 aromatic heterocycles. The molecule has 1 unspecified atom stereocenters. The second-order valence-corrected chi connectivity index (χ2v) is 11.8. The van der Waals surface area contributed by atoms with Crippen molar-refractivity contribution < 1.29 is 31.9 Å². The van der Waals surface area contributed by atoms with Gasteiger partial charge in [0, 0.05) is 26.7 Å². The largest absolute Gasteiger partial charge is 0.418 e. The van der Waals surface area contributed by atoms with Crippen LogP contribution in [-0.4, -0.2) is 23.0 Å². The van der Waals surface area contributed by atoms with E-state index in [9.17, 15) is 31.9 Å². The smallest absolute Gasteiger partial charge is 0.325 e. The molecule has 0 bridgehead atoms. The van der Waals surface area contributed by atoms with Crippen molar-refractivity contribution in [2.75, 3.05) is 10.6 Å². The fourth-order valence-corrected chi connectivity index (χ4v) is 5.54. The van der Waals surface area contributed by atoms with E-state index in [4.69, 9.17) is 23.2 Å². The van der Waals surface area contributed by atoms with E-state index in [0.717, 1.165) is 36.0 Å². The van der Waals surface area contributed by atoms with Gasteiger partial charge in [0.1, 0.15) is 11.5 Å². The van der Waals surface area contributed by atoms with E-state index in [1.54, 1.807) is 61.5 Å². The molecule has 0 aliphatic rings. The van der Waals surface area contributed by atoms with Crippen LogP contribution in [0.1, 0.15) is 34.8 Å². The number of rotatable bonds is 10. The minimum absolute atomic E-state index is 0.0162. The zero-order valence-corrected chi connectivity index (χ0v) is 26.3. The fraction of sp³-hybridized carbons (Fsp3) is 0.121. The van der Waals surface area contributed by atoms with Gasteiger partial charge in [-0.2, -0.15) is 13.2 Å². The van der Waals surface area contributed by atoms with Crippen molar-refractivity contribution in [1.29, 1.82) is 0 Å². The van der Waals surface area contributed by atoms with E-state index in [1.165, 1.54) is 18.2 Å². The van der Waals surface area contributed by atoms with Gasteiger partial charge in [-0.15, -0.1) is 11.8 Å². The van der Waals surface area contributed by atoms with Crippen molar-refractivity contribution in [3.05, 3.63) is 129 Å². The van der Waals surface area contributed by atoms with Gasteiger partial charge in [-0.25, -0.2) is 4.39 Å². The van der Waals surface area contributed by atoms with Gasteiger partial charge in [0.25, 0.3) is 11.8 Å². The Morgan fingerprint density at radius 2 is 1.61 bits per heavy atom. The summed E-state index contributed by atoms with van der Waals surface area (Å²) in [6, 6.07) is 21.5. The molecule has 1 atom stereocenters. The lowest BCUT2D eigenvalue weighted by Gasteiger charge is -2.18. The first-order valence-corrected chi connectivity index (χ1v) is 15.3. The summed E-state index contributed by atoms with van der Waals surface area (Å²) in [6.45, 7) is 1.70. The molecule has 4 aromatic carbocycles. The molecule has 3 amide bonds. The van der Waals surface area contributed by atoms with Crippen LogP contribution >= 0.6 is 35.0 Å². The Kier molecular flexibility index (Phi) is 11.5. The average Bonchev–Trinajstić information content (AvgIpc) is 3.02. The molecule has 6 nitrogen and oxygen atoms in total. The summed E-state index contributed by atoms with van der Waals surface area (Å²) in [7, 11) is 0. The van der Waals surface area contributed by atoms with Crippen LogP contribution in [0.3, 0.4) is 0 Å². The highest BCUT2D eigenvalue weighted by Gasteiger charge is 2.34. The van der Waals surface area contributed by atoms with E-state index < -0.39 is 46.2 Å². The van der Waals surface area contributed by atoms with E-state index in [0.29, 0.717) is 4.90 Å². The van der Waals surface area contributed by atoms with Crippen LogP contribution in [0.2, 0.25) is 10.0 Å². The molecular formula is C33H25Cl2F4N3O3S. The normalized spacial score (nSPS) is 12.3. The minimum Gasteiger partial charge on any atom is -0.325 e. The van der Waals surface area contributed by atoms with Gasteiger partial charge in [-0.1, -0.05) is 60.5 Å². The average molecular weight is 691 g/mol. The van der Waals surface area contributed by atoms with Crippen molar-refractivity contribution in [2.45, 2.75) is 29.7 Å². The van der Waals surface area contributed by atoms with Crippen LogP contribution in [0.5, 0.6) is 0 Å². The number of carbonyl (C=O) groups is 3. The Labute approximate surface area is 276 Å². The monoisotopic (exact) mass is 689 g/mol. The summed E-state index contributed by atoms with van der Waals surface area (Å²) >= 11 is 13.0. The number of thioether (sulfide) groups is 1. The highest BCUT2D eigenvalue weighted by Crippen LogP contribution is 2.37. The lowest BCUT2D eigenvalue weighted by atomic mass is 10.1. The Bertz CT molecular complexity index is 1770. The van der Waals surface area contributed by atoms with Gasteiger partial charge in [-0.05, 0) is 73.2 Å². The van der Waals surface area contributed by atoms with Crippen LogP contribution in [0.15, 0.2) is 102 Å². The molecule has 0 aliphatic heterocycles. The van der Waals surface area contributed by atoms with Crippen LogP contribution in [0.4, 0.5) is 28.9 Å². The molecule has 0 aliphatic carbocycles. The number of hydrogen-bond acceptors (Lipinski definition) is 4. The summed E-state index contributed by atoms with van der Waals surface area (Å²) in [4.78, 5) is 39.8. The van der Waals surface area contributed by atoms with Crippen molar-refractivity contribution in [1.82, 2.24) is 5.32 Å². The molecule has 4 aromatic rings. The van der Waals surface area contributed by atoms with Gasteiger partial charge in [0.05, 0.1) is 21.5 Å². The van der Waals surface area contributed by atoms with Crippen LogP contribution in [0, 0.1) is 5.82 Å². The lowest BCUT2D eigenvalue weighted by molar-refractivity contribution is -0.137. The number of anilines is 2. The van der Waals surface area contributed by atoms with Gasteiger partial charge < -0.3 is 16.0 Å². The molecule has 13 heteroatoms. The third-order valence-electron chi connectivity index (χ3n) is 6.40. The van der Waals surface area contributed by atoms with Crippen molar-refractivity contribution in [3.63, 3.8) is 0 Å². The zero-order chi connectivity index (χ0) is 33.4. The lowest BCUT2D eigenvalue weighted by Crippen LogP contribution is -2.30. The third-order valence-corrected chi connectivity index (χ3v) is 8.32. The molecule has 46 heavy (non-hydrogen) atoms. The summed E-state index contributed by atoms with van der Waals surface area (Å²) in [5, 5.41) is 6.59. The first-order valence-electron chi connectivity index (χ1n) is 13.6. The number of amides is 3. The third kappa shape index (κ3) is 9.12. The van der Waals surface area contributed by atoms with Crippen molar-refractivity contribution >= 4 is 70.1 Å². The number of alkyl halides is 3. The molecule has 0 spiro atoms. The molecule has 0 fully saturated rings. The standard InChI is InChI=1S/C33H25Cl2F4N3O3S/c1-2-29(32(45)41-27-15-14-20(34)16-24(27)33(37,38)39)46-22-11-6-10-21(17-22)40-31(44)28(18-23-25(35)12-7-13-26(23)36)42-30(43)19-8-4-3-5-9-19/h3-18,29H,2H2,1H3,(H,40,44)(H,41,45)(H,42,43)/b28-18+. The number of halogens is 6. The second kappa shape index (κ2) is 15.3. The van der Waals surface area contributed by atoms with E-state index in [1.807, 2.05) is 0 Å². The van der Waals surface area contributed by atoms with Gasteiger partial charge >= 0.3 is 6.18 Å². The molecule has 3 N–H and O–H groups in total. The van der Waals surface area contributed by atoms with Crippen molar-refractivity contribution in [3.8, 4) is 0 Å². The summed E-state index contributed by atoms with van der Waals surface area (Å²) in [6.07, 6.45) is -3.35. The fourth-order valence-electron chi connectivity index (χ4n) is 4.14. The SMILES string of the molecule is CCC(Sc1cccc(NC(=O)/C(=C\c2c(F)cccc2Cl)NC(=O)c2ccccc2)c1)C(=O)Nc1ccc(Cl)cc1C(F)(F)F. The Morgan fingerprint density at radius 1 is 0.891 bits per heavy atom. The number of carbonyl (C=O) groups excluding carboxylic acids is 3. The molecule has 4 rings (SSSR count). The summed E-state index contributed by atoms with van der Waals surface area (Å²) in [5.41, 5.74) is -1.39. The number of nitrogens with one attached hydrogen (secondary N) is 3. The van der Waals surface area contributed by atoms with E-state index >= 15 is 0 Å². The van der Waals surface area contributed by atoms with Crippen molar-refractivity contribution in [2.24, 2.45) is 0 Å². The number of hydrogen-bond donors (Lipinski definition) is 3. The summed E-state index contributed by atoms with van der Waals surface area (Å²) in [5.74, 6) is -2.79. The molecule has 0 radical (unpaired) electrons. The summed E-state index contributed by atoms with van der Waals surface area (Å²) < 4.78 is 55.2. The molecule has 0 saturated carbocycles. The molecule has 0 heterocycles. The van der Waals surface area contributed by atoms with Crippen LogP contribution in [-0.2, 0) is 15.8 Å². The molecular weight excluding hydrogens is 665 g/mol. The Hall–Kier alpha value is -4.32. The van der Waals surface area contributed by atoms with E-state index in [2.05, 4.69) is 16.0 Å². The molecule has 238 valence electrons. The Morgan fingerprint density at radius 3 is 2.28 bits per heavy atom. The topological polar surface area (TPSA) is 87.3 Å². The molecule has 0 saturated heterocycles. The predicted octanol–water partition coefficient (Wildman–Crippen LogP) is 9.07. The highest BCUT2D eigenvalue weighted by molar-refractivity contribution is 8.00. The maximum atomic E-state index is 14.6. The maximum Gasteiger partial charge on any atom is 0.418 e. The first kappa shape index (κ1) is 34.6. The predicted molar refractivity (Wildman–Crippen MR) is 173 cm³/mol. The maximum absolute atomic E-state index is 14.6. The van der Waals surface area contributed by atoms with Gasteiger partial charge in [0.15, 0.2) is 0 Å². The van der Waals surface area contributed by atoms with Gasteiger partial charge in [-0.3, -0.25) is 14.4 Å². The van der Waals surface area contributed by atoms with Crippen LogP contribution < -0.4 is 16.0 Å². The van der Waals surface area contributed by atoms with Gasteiger partial charge in [0.2, 0.25) is 5.91 Å². The van der Waals surface area contributed by atoms with Crippen LogP contribution in [0.25, 0.3) is 6.08 Å². The first-order chi connectivity index (χ1) is 21.8. The zero-order valence-electron chi connectivity index (χ0n) is 23.9. The highest BCUT2D eigenvalue weighted by atomic mass is 35.5. The Balaban J connectivity index is 1.54. The number of benzene rings is 4. The van der Waals surface area contributed by atoms with E-state index in [-0.39, 0.29) is 39.0 Å². The quantitative estimate of drug-likeness (QED) is 0.0881. The second-order valence-electron chi connectivity index (χ2n) is 9.69. The minimum atomic E-state index is -4.74.